The molecule has 226 valence electrons. The Balaban J connectivity index is 1.88. The van der Waals surface area contributed by atoms with Crippen molar-refractivity contribution in [2.45, 2.75) is 65.0 Å². The molecule has 2 aromatic carbocycles. The molecule has 2 amide bonds. The van der Waals surface area contributed by atoms with E-state index >= 15 is 0 Å². The van der Waals surface area contributed by atoms with Gasteiger partial charge in [-0.15, -0.1) is 0 Å². The van der Waals surface area contributed by atoms with Gasteiger partial charge in [0, 0.05) is 36.4 Å². The van der Waals surface area contributed by atoms with Crippen molar-refractivity contribution in [3.05, 3.63) is 63.7 Å². The van der Waals surface area contributed by atoms with Crippen LogP contribution in [0, 0.1) is 0 Å². The lowest BCUT2D eigenvalue weighted by Crippen LogP contribution is -2.40. The molecule has 9 nitrogen and oxygen atoms in total. The molecule has 1 aliphatic heterocycles. The third-order valence-corrected chi connectivity index (χ3v) is 8.27. The summed E-state index contributed by atoms with van der Waals surface area (Å²) in [5.74, 6) is -1.64. The van der Waals surface area contributed by atoms with Crippen LogP contribution in [0.4, 0.5) is 23.7 Å². The topological polar surface area (TPSA) is 122 Å². The number of nitrogens with one attached hydrogen (secondary N) is 1. The second kappa shape index (κ2) is 12.5. The summed E-state index contributed by atoms with van der Waals surface area (Å²) in [7, 11) is -4.19. The first-order valence-electron chi connectivity index (χ1n) is 12.9. The molecule has 41 heavy (non-hydrogen) atoms. The number of nitrogen functional groups attached to an aromatic ring is 1. The molecule has 0 aliphatic carbocycles. The molecule has 0 aromatic heterocycles. The van der Waals surface area contributed by atoms with E-state index in [4.69, 9.17) is 22.1 Å². The minimum atomic E-state index is -4.85. The highest BCUT2D eigenvalue weighted by molar-refractivity contribution is 7.89. The van der Waals surface area contributed by atoms with Gasteiger partial charge in [0.05, 0.1) is 23.4 Å². The van der Waals surface area contributed by atoms with Gasteiger partial charge in [-0.25, -0.2) is 17.5 Å². The number of nitrogens with two attached hydrogens (primary N) is 1. The molecular weight excluding hydrogens is 585 g/mol. The van der Waals surface area contributed by atoms with Crippen LogP contribution in [0.3, 0.4) is 0 Å². The summed E-state index contributed by atoms with van der Waals surface area (Å²) in [6.07, 6.45) is -4.97. The minimum absolute atomic E-state index is 0.153. The predicted octanol–water partition coefficient (Wildman–Crippen LogP) is 5.03. The van der Waals surface area contributed by atoms with Crippen molar-refractivity contribution in [3.8, 4) is 0 Å². The van der Waals surface area contributed by atoms with Crippen molar-refractivity contribution in [1.29, 1.82) is 0 Å². The molecule has 1 unspecified atom stereocenters. The van der Waals surface area contributed by atoms with E-state index in [0.717, 1.165) is 6.07 Å². The van der Waals surface area contributed by atoms with Gasteiger partial charge in [-0.05, 0) is 69.5 Å². The molecular formula is C27H34ClF3N4O5S. The average Bonchev–Trinajstić information content (AvgIpc) is 3.26. The third-order valence-electron chi connectivity index (χ3n) is 6.34. The van der Waals surface area contributed by atoms with E-state index in [0.29, 0.717) is 33.9 Å². The Hall–Kier alpha value is -3.03. The van der Waals surface area contributed by atoms with Gasteiger partial charge >= 0.3 is 12.3 Å². The summed E-state index contributed by atoms with van der Waals surface area (Å²) >= 11 is 5.99. The molecule has 3 rings (SSSR count). The molecule has 3 N–H and O–H groups in total. The summed E-state index contributed by atoms with van der Waals surface area (Å²) in [6.45, 7) is 6.58. The second-order valence-corrected chi connectivity index (χ2v) is 13.4. The summed E-state index contributed by atoms with van der Waals surface area (Å²) < 4.78 is 74.1. The number of sulfonamides is 1. The van der Waals surface area contributed by atoms with Crippen LogP contribution in [-0.2, 0) is 34.0 Å². The summed E-state index contributed by atoms with van der Waals surface area (Å²) in [5.41, 5.74) is 3.61. The molecule has 0 spiro atoms. The van der Waals surface area contributed by atoms with Crippen LogP contribution in [-0.4, -0.2) is 60.1 Å². The fourth-order valence-corrected chi connectivity index (χ4v) is 5.66. The summed E-state index contributed by atoms with van der Waals surface area (Å²) in [4.78, 5) is 27.3. The number of alkyl halides is 3. The molecule has 0 saturated carbocycles. The number of hydrogen-bond donors (Lipinski definition) is 2. The molecule has 1 fully saturated rings. The zero-order chi connectivity index (χ0) is 30.8. The minimum Gasteiger partial charge on any atom is -0.444 e. The van der Waals surface area contributed by atoms with Gasteiger partial charge in [-0.1, -0.05) is 23.7 Å². The monoisotopic (exact) mass is 618 g/mol. The Morgan fingerprint density at radius 3 is 2.46 bits per heavy atom. The zero-order valence-electron chi connectivity index (χ0n) is 23.2. The Morgan fingerprint density at radius 2 is 1.88 bits per heavy atom. The number of carbonyl (C=O) groups is 2. The number of halogens is 4. The van der Waals surface area contributed by atoms with Crippen LogP contribution in [0.2, 0.25) is 5.02 Å². The number of likely N-dealkylation sites (tertiary alicyclic amines) is 1. The first-order valence-corrected chi connectivity index (χ1v) is 14.9. The number of hydrogen-bond acceptors (Lipinski definition) is 7. The number of anilines is 1. The molecule has 2 aromatic rings. The molecule has 1 saturated heterocycles. The van der Waals surface area contributed by atoms with Crippen LogP contribution >= 0.6 is 11.6 Å². The van der Waals surface area contributed by atoms with E-state index in [9.17, 15) is 31.2 Å². The zero-order valence-corrected chi connectivity index (χ0v) is 24.8. The van der Waals surface area contributed by atoms with Gasteiger partial charge in [-0.2, -0.15) is 13.2 Å². The number of amides is 2. The Labute approximate surface area is 242 Å². The van der Waals surface area contributed by atoms with Crippen molar-refractivity contribution in [3.63, 3.8) is 0 Å². The number of ether oxygens (including phenoxy) is 1. The normalized spacial score (nSPS) is 16.4. The van der Waals surface area contributed by atoms with Crippen LogP contribution in [0.15, 0.2) is 36.4 Å². The number of benzene rings is 2. The second-order valence-electron chi connectivity index (χ2n) is 10.8. The van der Waals surface area contributed by atoms with Gasteiger partial charge in [-0.3, -0.25) is 9.69 Å². The van der Waals surface area contributed by atoms with E-state index in [-0.39, 0.29) is 30.4 Å². The van der Waals surface area contributed by atoms with Gasteiger partial charge < -0.3 is 15.8 Å². The third kappa shape index (κ3) is 8.73. The van der Waals surface area contributed by atoms with E-state index in [1.54, 1.807) is 43.9 Å². The van der Waals surface area contributed by atoms with Crippen molar-refractivity contribution in [2.75, 3.05) is 24.6 Å². The molecule has 0 radical (unpaired) electrons. The molecule has 1 heterocycles. The van der Waals surface area contributed by atoms with E-state index < -0.39 is 57.2 Å². The van der Waals surface area contributed by atoms with Gasteiger partial charge in [0.2, 0.25) is 10.0 Å². The molecule has 0 bridgehead atoms. The van der Waals surface area contributed by atoms with Crippen LogP contribution in [0.1, 0.15) is 61.2 Å². The Kier molecular flexibility index (Phi) is 9.87. The maximum Gasteiger partial charge on any atom is 0.416 e. The lowest BCUT2D eigenvalue weighted by atomic mass is 10.00. The Bertz CT molecular complexity index is 1400. The van der Waals surface area contributed by atoms with Crippen molar-refractivity contribution < 1.29 is 35.9 Å². The van der Waals surface area contributed by atoms with Crippen LogP contribution in [0.25, 0.3) is 0 Å². The number of rotatable bonds is 8. The Morgan fingerprint density at radius 1 is 1.20 bits per heavy atom. The van der Waals surface area contributed by atoms with Gasteiger partial charge in [0.25, 0.3) is 5.91 Å². The summed E-state index contributed by atoms with van der Waals surface area (Å²) in [5, 5.41) is 3.03. The SMILES string of the molecule is CCS(=O)(=O)N(Cc1cccc(Cl)c1)C(=O)c1cc(C(F)(F)F)c(CN2CCC(NC(=O)OC(C)(C)C)C2)cc1N. The van der Waals surface area contributed by atoms with Crippen LogP contribution in [0.5, 0.6) is 0 Å². The molecule has 14 heteroatoms. The first-order chi connectivity index (χ1) is 18.9. The predicted molar refractivity (Wildman–Crippen MR) is 150 cm³/mol. The lowest BCUT2D eigenvalue weighted by molar-refractivity contribution is -0.138. The maximum atomic E-state index is 14.2. The van der Waals surface area contributed by atoms with E-state index in [2.05, 4.69) is 5.32 Å². The van der Waals surface area contributed by atoms with Crippen LogP contribution < -0.4 is 11.1 Å². The highest BCUT2D eigenvalue weighted by Gasteiger charge is 2.38. The highest BCUT2D eigenvalue weighted by Crippen LogP contribution is 2.36. The molecule has 1 atom stereocenters. The maximum absolute atomic E-state index is 14.2. The standard InChI is InChI=1S/C27H34ClF3N4O5S/c1-5-41(38,39)35(14-17-7-6-8-19(28)11-17)24(36)21-13-22(27(29,30)31)18(12-23(21)32)15-34-10-9-20(16-34)33-25(37)40-26(2,3)4/h6-8,11-13,20H,5,9-10,14-16,32H2,1-4H3,(H,33,37). The largest absolute Gasteiger partial charge is 0.444 e. The first kappa shape index (κ1) is 32.5. The highest BCUT2D eigenvalue weighted by atomic mass is 35.5. The van der Waals surface area contributed by atoms with Crippen molar-refractivity contribution >= 4 is 39.3 Å². The lowest BCUT2D eigenvalue weighted by Gasteiger charge is -2.25. The van der Waals surface area contributed by atoms with Gasteiger partial charge in [0.15, 0.2) is 0 Å². The summed E-state index contributed by atoms with van der Waals surface area (Å²) in [6, 6.07) is 7.48. The quantitative estimate of drug-likeness (QED) is 0.398. The molecule has 1 aliphatic rings. The van der Waals surface area contributed by atoms with E-state index in [1.807, 2.05) is 0 Å². The average molecular weight is 619 g/mol. The fourth-order valence-electron chi connectivity index (χ4n) is 4.44. The number of carbonyl (C=O) groups excluding carboxylic acids is 2. The van der Waals surface area contributed by atoms with E-state index in [1.165, 1.54) is 13.0 Å². The van der Waals surface area contributed by atoms with Crippen molar-refractivity contribution in [2.24, 2.45) is 0 Å². The number of alkyl carbamates (subject to hydrolysis) is 1. The smallest absolute Gasteiger partial charge is 0.416 e. The van der Waals surface area contributed by atoms with Gasteiger partial charge in [0.1, 0.15) is 5.60 Å². The fraction of sp³-hybridized carbons (Fsp3) is 0.481. The van der Waals surface area contributed by atoms with Crippen molar-refractivity contribution in [1.82, 2.24) is 14.5 Å². The number of nitrogens with zero attached hydrogens (tertiary/aromatic N) is 2.